The Bertz CT molecular complexity index is 548. The van der Waals surface area contributed by atoms with Crippen LogP contribution in [0.1, 0.15) is 39.2 Å². The van der Waals surface area contributed by atoms with E-state index in [1.807, 2.05) is 51.1 Å². The Balaban J connectivity index is 2.32. The predicted molar refractivity (Wildman–Crippen MR) is 97.0 cm³/mol. The molecular weight excluding hydrogens is 308 g/mol. The number of thiocarbonyl (C=S) groups is 1. The average molecular weight is 334 g/mol. The maximum absolute atomic E-state index is 11.9. The van der Waals surface area contributed by atoms with Crippen molar-refractivity contribution in [1.82, 2.24) is 9.80 Å². The Labute approximate surface area is 144 Å². The van der Waals surface area contributed by atoms with E-state index in [0.29, 0.717) is 6.42 Å². The van der Waals surface area contributed by atoms with Crippen molar-refractivity contribution in [2.75, 3.05) is 13.1 Å². The van der Waals surface area contributed by atoms with Crippen molar-refractivity contribution < 1.29 is 9.90 Å². The molecule has 0 aliphatic carbocycles. The molecule has 0 bridgehead atoms. The molecule has 0 spiro atoms. The van der Waals surface area contributed by atoms with Crippen molar-refractivity contribution in [1.29, 1.82) is 0 Å². The van der Waals surface area contributed by atoms with E-state index in [0.717, 1.165) is 36.5 Å². The van der Waals surface area contributed by atoms with E-state index >= 15 is 0 Å². The third-order valence-corrected chi connectivity index (χ3v) is 4.75. The minimum atomic E-state index is -0.917. The van der Waals surface area contributed by atoms with Crippen molar-refractivity contribution in [2.45, 2.75) is 51.6 Å². The van der Waals surface area contributed by atoms with Gasteiger partial charge in [0.1, 0.15) is 4.99 Å². The van der Waals surface area contributed by atoms with Gasteiger partial charge in [0.25, 0.3) is 0 Å². The van der Waals surface area contributed by atoms with Gasteiger partial charge in [0, 0.05) is 18.6 Å². The van der Waals surface area contributed by atoms with Gasteiger partial charge in [-0.2, -0.15) is 0 Å². The molecule has 1 fully saturated rings. The van der Waals surface area contributed by atoms with E-state index < -0.39 is 11.6 Å². The smallest absolute Gasteiger partial charge is 0.408 e. The second kappa shape index (κ2) is 7.30. The van der Waals surface area contributed by atoms with Gasteiger partial charge < -0.3 is 10.0 Å². The SMILES string of the molecule is CC(C)(C)N(C(=O)O)C(Cc1ccccc1)C(=S)N1CCCC1. The van der Waals surface area contributed by atoms with E-state index in [9.17, 15) is 9.90 Å². The van der Waals surface area contributed by atoms with Gasteiger partial charge in [-0.05, 0) is 45.6 Å². The van der Waals surface area contributed by atoms with Crippen LogP contribution in [0.15, 0.2) is 30.3 Å². The lowest BCUT2D eigenvalue weighted by Gasteiger charge is -2.41. The average Bonchev–Trinajstić information content (AvgIpc) is 2.99. The first kappa shape index (κ1) is 17.7. The summed E-state index contributed by atoms with van der Waals surface area (Å²) in [5.41, 5.74) is 0.601. The van der Waals surface area contributed by atoms with Crippen LogP contribution in [0.25, 0.3) is 0 Å². The molecule has 1 heterocycles. The van der Waals surface area contributed by atoms with Gasteiger partial charge in [-0.15, -0.1) is 0 Å². The molecule has 1 saturated heterocycles. The minimum Gasteiger partial charge on any atom is -0.465 e. The standard InChI is InChI=1S/C18H26N2O2S/c1-18(2,3)20(17(21)22)15(13-14-9-5-4-6-10-14)16(23)19-11-7-8-12-19/h4-6,9-10,15H,7-8,11-13H2,1-3H3,(H,21,22). The highest BCUT2D eigenvalue weighted by atomic mass is 32.1. The lowest BCUT2D eigenvalue weighted by molar-refractivity contribution is 0.0858. The van der Waals surface area contributed by atoms with E-state index in [1.165, 1.54) is 4.90 Å². The quantitative estimate of drug-likeness (QED) is 0.851. The summed E-state index contributed by atoms with van der Waals surface area (Å²) in [4.78, 5) is 16.4. The second-order valence-electron chi connectivity index (χ2n) is 7.06. The summed E-state index contributed by atoms with van der Waals surface area (Å²) in [7, 11) is 0. The Morgan fingerprint density at radius 2 is 1.83 bits per heavy atom. The normalized spacial score (nSPS) is 16.2. The van der Waals surface area contributed by atoms with E-state index in [4.69, 9.17) is 12.2 Å². The summed E-state index contributed by atoms with van der Waals surface area (Å²) < 4.78 is 0. The van der Waals surface area contributed by atoms with Crippen LogP contribution in [0.3, 0.4) is 0 Å². The molecule has 1 atom stereocenters. The molecule has 1 aromatic carbocycles. The highest BCUT2D eigenvalue weighted by Crippen LogP contribution is 2.24. The molecule has 1 aliphatic rings. The molecule has 0 radical (unpaired) electrons. The van der Waals surface area contributed by atoms with Crippen LogP contribution in [0, 0.1) is 0 Å². The zero-order chi connectivity index (χ0) is 17.0. The van der Waals surface area contributed by atoms with Gasteiger partial charge in [0.15, 0.2) is 0 Å². The van der Waals surface area contributed by atoms with Crippen LogP contribution in [0.2, 0.25) is 0 Å². The first-order chi connectivity index (χ1) is 10.8. The number of nitrogens with zero attached hydrogens (tertiary/aromatic N) is 2. The van der Waals surface area contributed by atoms with Crippen LogP contribution in [0.4, 0.5) is 4.79 Å². The molecule has 1 unspecified atom stereocenters. The monoisotopic (exact) mass is 334 g/mol. The van der Waals surface area contributed by atoms with Gasteiger partial charge in [0.05, 0.1) is 6.04 Å². The van der Waals surface area contributed by atoms with Crippen molar-refractivity contribution in [2.24, 2.45) is 0 Å². The van der Waals surface area contributed by atoms with Gasteiger partial charge >= 0.3 is 6.09 Å². The highest BCUT2D eigenvalue weighted by Gasteiger charge is 2.37. The van der Waals surface area contributed by atoms with Gasteiger partial charge in [-0.1, -0.05) is 42.5 Å². The van der Waals surface area contributed by atoms with Crippen molar-refractivity contribution in [3.8, 4) is 0 Å². The molecular formula is C18H26N2O2S. The van der Waals surface area contributed by atoms with Gasteiger partial charge in [-0.25, -0.2) is 4.79 Å². The zero-order valence-electron chi connectivity index (χ0n) is 14.2. The fourth-order valence-corrected chi connectivity index (χ4v) is 3.53. The van der Waals surface area contributed by atoms with Crippen molar-refractivity contribution in [3.63, 3.8) is 0 Å². The number of likely N-dealkylation sites (tertiary alicyclic amines) is 1. The number of amides is 1. The number of carbonyl (C=O) groups is 1. The Morgan fingerprint density at radius 1 is 1.26 bits per heavy atom. The zero-order valence-corrected chi connectivity index (χ0v) is 15.0. The van der Waals surface area contributed by atoms with Crippen molar-refractivity contribution >= 4 is 23.3 Å². The topological polar surface area (TPSA) is 43.8 Å². The fraction of sp³-hybridized carbons (Fsp3) is 0.556. The lowest BCUT2D eigenvalue weighted by atomic mass is 9.98. The molecule has 126 valence electrons. The summed E-state index contributed by atoms with van der Waals surface area (Å²) in [5.74, 6) is 0. The summed E-state index contributed by atoms with van der Waals surface area (Å²) in [6, 6.07) is 9.67. The maximum atomic E-state index is 11.9. The van der Waals surface area contributed by atoms with Crippen molar-refractivity contribution in [3.05, 3.63) is 35.9 Å². The van der Waals surface area contributed by atoms with E-state index in [2.05, 4.69) is 4.90 Å². The molecule has 1 aromatic rings. The molecule has 4 nitrogen and oxygen atoms in total. The van der Waals surface area contributed by atoms with Crippen LogP contribution >= 0.6 is 12.2 Å². The largest absolute Gasteiger partial charge is 0.465 e. The number of hydrogen-bond donors (Lipinski definition) is 1. The molecule has 0 aromatic heterocycles. The van der Waals surface area contributed by atoms with Gasteiger partial charge in [-0.3, -0.25) is 4.90 Å². The minimum absolute atomic E-state index is 0.317. The third kappa shape index (κ3) is 4.44. The second-order valence-corrected chi connectivity index (χ2v) is 7.48. The number of carboxylic acid groups (broad SMARTS) is 1. The lowest BCUT2D eigenvalue weighted by Crippen LogP contribution is -2.57. The number of rotatable bonds is 4. The molecule has 23 heavy (non-hydrogen) atoms. The van der Waals surface area contributed by atoms with Crippen LogP contribution in [-0.4, -0.2) is 50.7 Å². The van der Waals surface area contributed by atoms with Crippen LogP contribution < -0.4 is 0 Å². The third-order valence-electron chi connectivity index (χ3n) is 4.22. The van der Waals surface area contributed by atoms with Crippen LogP contribution in [0.5, 0.6) is 0 Å². The molecule has 1 amide bonds. The Morgan fingerprint density at radius 3 is 2.30 bits per heavy atom. The summed E-state index contributed by atoms with van der Waals surface area (Å²) in [6.45, 7) is 7.63. The summed E-state index contributed by atoms with van der Waals surface area (Å²) in [6.07, 6.45) is 1.95. The van der Waals surface area contributed by atoms with E-state index in [-0.39, 0.29) is 6.04 Å². The molecule has 0 saturated carbocycles. The molecule has 5 heteroatoms. The predicted octanol–water partition coefficient (Wildman–Crippen LogP) is 3.80. The maximum Gasteiger partial charge on any atom is 0.408 e. The Hall–Kier alpha value is -1.62. The Kier molecular flexibility index (Phi) is 5.63. The number of hydrogen-bond acceptors (Lipinski definition) is 2. The molecule has 1 aliphatic heterocycles. The summed E-state index contributed by atoms with van der Waals surface area (Å²) >= 11 is 5.72. The summed E-state index contributed by atoms with van der Waals surface area (Å²) in [5, 5.41) is 9.80. The first-order valence-electron chi connectivity index (χ1n) is 8.15. The van der Waals surface area contributed by atoms with E-state index in [1.54, 1.807) is 0 Å². The molecule has 1 N–H and O–H groups in total. The number of benzene rings is 1. The van der Waals surface area contributed by atoms with Gasteiger partial charge in [0.2, 0.25) is 0 Å². The fourth-order valence-electron chi connectivity index (χ4n) is 3.16. The highest BCUT2D eigenvalue weighted by molar-refractivity contribution is 7.80. The first-order valence-corrected chi connectivity index (χ1v) is 8.56. The van der Waals surface area contributed by atoms with Crippen LogP contribution in [-0.2, 0) is 6.42 Å². The molecule has 2 rings (SSSR count).